The summed E-state index contributed by atoms with van der Waals surface area (Å²) in [4.78, 5) is 34.7. The minimum Gasteiger partial charge on any atom is -0.342 e. The maximum absolute atomic E-state index is 13.2. The molecule has 0 saturated carbocycles. The molecule has 1 amide bonds. The minimum atomic E-state index is -0.250. The van der Waals surface area contributed by atoms with Gasteiger partial charge in [-0.25, -0.2) is 4.98 Å². The van der Waals surface area contributed by atoms with Crippen LogP contribution in [-0.2, 0) is 24.3 Å². The summed E-state index contributed by atoms with van der Waals surface area (Å²) in [5, 5.41) is 0.979. The maximum atomic E-state index is 13.2. The molecule has 7 heteroatoms. The zero-order valence-electron chi connectivity index (χ0n) is 19.4. The number of rotatable bonds is 4. The van der Waals surface area contributed by atoms with Gasteiger partial charge in [0, 0.05) is 54.9 Å². The molecule has 0 radical (unpaired) electrons. The van der Waals surface area contributed by atoms with Crippen molar-refractivity contribution in [2.75, 3.05) is 11.4 Å². The first kappa shape index (κ1) is 21.3. The van der Waals surface area contributed by atoms with Gasteiger partial charge in [-0.05, 0) is 41.3 Å². The first-order chi connectivity index (χ1) is 17.0. The molecule has 0 aliphatic carbocycles. The number of benzene rings is 3. The molecule has 3 N–H and O–H groups in total. The molecule has 0 saturated heterocycles. The lowest BCUT2D eigenvalue weighted by Gasteiger charge is -2.15. The Kier molecular flexibility index (Phi) is 5.00. The van der Waals surface area contributed by atoms with Crippen LogP contribution in [0.5, 0.6) is 0 Å². The minimum absolute atomic E-state index is 0.000466. The summed E-state index contributed by atoms with van der Waals surface area (Å²) in [7, 11) is 0. The van der Waals surface area contributed by atoms with Crippen LogP contribution in [-0.4, -0.2) is 27.0 Å². The van der Waals surface area contributed by atoms with Crippen LogP contribution >= 0.6 is 0 Å². The zero-order valence-corrected chi connectivity index (χ0v) is 19.4. The van der Waals surface area contributed by atoms with Crippen LogP contribution < -0.4 is 16.2 Å². The van der Waals surface area contributed by atoms with Crippen LogP contribution in [0.25, 0.3) is 33.2 Å². The second kappa shape index (κ2) is 8.21. The highest BCUT2D eigenvalue weighted by Gasteiger charge is 2.24. The summed E-state index contributed by atoms with van der Waals surface area (Å²) in [5.74, 6) is 0.000466. The molecule has 35 heavy (non-hydrogen) atoms. The van der Waals surface area contributed by atoms with Gasteiger partial charge in [0.1, 0.15) is 5.69 Å². The molecule has 174 valence electrons. The predicted octanol–water partition coefficient (Wildman–Crippen LogP) is 3.96. The summed E-state index contributed by atoms with van der Waals surface area (Å²) in [5.41, 5.74) is 13.2. The Morgan fingerprint density at radius 3 is 2.63 bits per heavy atom. The molecule has 7 nitrogen and oxygen atoms in total. The Hall–Kier alpha value is -4.23. The van der Waals surface area contributed by atoms with Gasteiger partial charge in [-0.3, -0.25) is 9.59 Å². The van der Waals surface area contributed by atoms with Gasteiger partial charge in [0.15, 0.2) is 0 Å². The third kappa shape index (κ3) is 3.61. The van der Waals surface area contributed by atoms with Gasteiger partial charge < -0.3 is 20.2 Å². The molecule has 6 rings (SSSR count). The topological polar surface area (TPSA) is 97.0 Å². The number of H-pyrrole nitrogens is 1. The number of hydrogen-bond acceptors (Lipinski definition) is 4. The molecule has 1 aliphatic rings. The number of fused-ring (bicyclic) bond motifs is 3. The Balaban J connectivity index is 1.46. The summed E-state index contributed by atoms with van der Waals surface area (Å²) >= 11 is 0. The standard InChI is InChI=1S/C28H25N5O2/c1-17(34)33-11-10-20-12-23-24(13-26(20)33)31-28(35)27(30-23)22-16-32(25-5-3-2-4-21(22)25)15-19-8-6-18(14-29)7-9-19/h2-9,12-13,16H,10-11,14-15,29H2,1H3,(H,31,35). The number of aromatic amines is 1. The van der Waals surface area contributed by atoms with Gasteiger partial charge in [-0.15, -0.1) is 0 Å². The predicted molar refractivity (Wildman–Crippen MR) is 138 cm³/mol. The van der Waals surface area contributed by atoms with Crippen molar-refractivity contribution in [1.29, 1.82) is 0 Å². The van der Waals surface area contributed by atoms with Gasteiger partial charge in [0.25, 0.3) is 5.56 Å². The van der Waals surface area contributed by atoms with E-state index in [1.807, 2.05) is 48.7 Å². The van der Waals surface area contributed by atoms with Crippen molar-refractivity contribution < 1.29 is 4.79 Å². The van der Waals surface area contributed by atoms with E-state index in [1.165, 1.54) is 0 Å². The normalized spacial score (nSPS) is 13.0. The Labute approximate surface area is 201 Å². The summed E-state index contributed by atoms with van der Waals surface area (Å²) < 4.78 is 2.15. The Morgan fingerprint density at radius 1 is 1.09 bits per heavy atom. The molecule has 0 atom stereocenters. The van der Waals surface area contributed by atoms with E-state index >= 15 is 0 Å². The highest BCUT2D eigenvalue weighted by atomic mass is 16.2. The first-order valence-corrected chi connectivity index (χ1v) is 11.7. The number of para-hydroxylation sites is 1. The molecule has 0 unspecified atom stereocenters. The lowest BCUT2D eigenvalue weighted by molar-refractivity contribution is -0.116. The van der Waals surface area contributed by atoms with Crippen molar-refractivity contribution in [3.63, 3.8) is 0 Å². The average molecular weight is 464 g/mol. The number of nitrogens with one attached hydrogen (secondary N) is 1. The SMILES string of the molecule is CC(=O)N1CCc2cc3nc(-c4cn(Cc5ccc(CN)cc5)c5ccccc45)c(=O)[nH]c3cc21. The first-order valence-electron chi connectivity index (χ1n) is 11.7. The molecule has 5 aromatic rings. The Bertz CT molecular complexity index is 1660. The number of carbonyl (C=O) groups is 1. The molecule has 3 aromatic carbocycles. The second-order valence-electron chi connectivity index (χ2n) is 9.04. The van der Waals surface area contributed by atoms with Gasteiger partial charge in [-0.2, -0.15) is 0 Å². The number of anilines is 1. The van der Waals surface area contributed by atoms with Crippen molar-refractivity contribution in [1.82, 2.24) is 14.5 Å². The molecule has 0 spiro atoms. The van der Waals surface area contributed by atoms with Crippen LogP contribution in [0.2, 0.25) is 0 Å². The average Bonchev–Trinajstić information content (AvgIpc) is 3.44. The third-order valence-corrected chi connectivity index (χ3v) is 6.82. The summed E-state index contributed by atoms with van der Waals surface area (Å²) in [6, 6.07) is 20.2. The highest BCUT2D eigenvalue weighted by molar-refractivity contribution is 5.98. The van der Waals surface area contributed by atoms with E-state index in [0.29, 0.717) is 30.8 Å². The molecule has 0 fully saturated rings. The largest absolute Gasteiger partial charge is 0.342 e. The lowest BCUT2D eigenvalue weighted by atomic mass is 10.1. The molecule has 3 heterocycles. The molecule has 0 bridgehead atoms. The van der Waals surface area contributed by atoms with E-state index in [2.05, 4.69) is 27.8 Å². The summed E-state index contributed by atoms with van der Waals surface area (Å²) in [6.07, 6.45) is 2.79. The van der Waals surface area contributed by atoms with E-state index in [0.717, 1.165) is 50.8 Å². The van der Waals surface area contributed by atoms with E-state index < -0.39 is 0 Å². The number of aromatic nitrogens is 3. The monoisotopic (exact) mass is 463 g/mol. The van der Waals surface area contributed by atoms with Crippen LogP contribution in [0.3, 0.4) is 0 Å². The fourth-order valence-electron chi connectivity index (χ4n) is 5.02. The van der Waals surface area contributed by atoms with Crippen LogP contribution in [0.1, 0.15) is 23.6 Å². The fourth-order valence-corrected chi connectivity index (χ4v) is 5.02. The zero-order chi connectivity index (χ0) is 24.1. The molecule has 1 aliphatic heterocycles. The number of carbonyl (C=O) groups excluding carboxylic acids is 1. The van der Waals surface area contributed by atoms with Crippen molar-refractivity contribution in [2.45, 2.75) is 26.4 Å². The number of amides is 1. The van der Waals surface area contributed by atoms with Crippen molar-refractivity contribution in [2.24, 2.45) is 5.73 Å². The molecular weight excluding hydrogens is 438 g/mol. The van der Waals surface area contributed by atoms with Crippen LogP contribution in [0.15, 0.2) is 71.7 Å². The second-order valence-corrected chi connectivity index (χ2v) is 9.04. The Morgan fingerprint density at radius 2 is 1.86 bits per heavy atom. The fraction of sp³-hybridized carbons (Fsp3) is 0.179. The number of nitrogens with zero attached hydrogens (tertiary/aromatic N) is 3. The van der Waals surface area contributed by atoms with Crippen molar-refractivity contribution >= 4 is 33.5 Å². The van der Waals surface area contributed by atoms with E-state index in [4.69, 9.17) is 10.7 Å². The van der Waals surface area contributed by atoms with E-state index in [1.54, 1.807) is 11.8 Å². The van der Waals surface area contributed by atoms with Crippen molar-refractivity contribution in [3.8, 4) is 11.3 Å². The molecular formula is C28H25N5O2. The van der Waals surface area contributed by atoms with E-state index in [9.17, 15) is 9.59 Å². The number of nitrogens with two attached hydrogens (primary N) is 1. The smallest absolute Gasteiger partial charge is 0.275 e. The highest BCUT2D eigenvalue weighted by Crippen LogP contribution is 2.33. The van der Waals surface area contributed by atoms with Crippen LogP contribution in [0.4, 0.5) is 5.69 Å². The third-order valence-electron chi connectivity index (χ3n) is 6.82. The van der Waals surface area contributed by atoms with Crippen LogP contribution in [0, 0.1) is 0 Å². The van der Waals surface area contributed by atoms with Crippen molar-refractivity contribution in [3.05, 3.63) is 93.9 Å². The summed E-state index contributed by atoms with van der Waals surface area (Å²) in [6.45, 7) is 3.40. The number of hydrogen-bond donors (Lipinski definition) is 2. The maximum Gasteiger partial charge on any atom is 0.275 e. The van der Waals surface area contributed by atoms with Gasteiger partial charge in [0.2, 0.25) is 5.91 Å². The quantitative estimate of drug-likeness (QED) is 0.422. The van der Waals surface area contributed by atoms with Gasteiger partial charge in [-0.1, -0.05) is 42.5 Å². The lowest BCUT2D eigenvalue weighted by Crippen LogP contribution is -2.25. The van der Waals surface area contributed by atoms with Gasteiger partial charge in [0.05, 0.1) is 11.0 Å². The van der Waals surface area contributed by atoms with Gasteiger partial charge >= 0.3 is 0 Å². The van der Waals surface area contributed by atoms with E-state index in [-0.39, 0.29) is 11.5 Å². The molecule has 2 aromatic heterocycles.